The molecule has 0 aliphatic rings. The number of methoxy groups -OCH3 is 2. The number of benzene rings is 1. The van der Waals surface area contributed by atoms with Gasteiger partial charge in [0.1, 0.15) is 18.7 Å². The second-order valence-corrected chi connectivity index (χ2v) is 5.36. The summed E-state index contributed by atoms with van der Waals surface area (Å²) in [5, 5.41) is 12.8. The van der Waals surface area contributed by atoms with Crippen LogP contribution in [0.2, 0.25) is 10.0 Å². The van der Waals surface area contributed by atoms with E-state index in [1.165, 1.54) is 19.2 Å². The molecule has 0 saturated carbocycles. The Morgan fingerprint density at radius 3 is 2.54 bits per heavy atom. The molecule has 0 aliphatic heterocycles. The minimum Gasteiger partial charge on any atom is -0.618 e. The molecule has 0 saturated heterocycles. The first-order chi connectivity index (χ1) is 11.4. The van der Waals surface area contributed by atoms with E-state index in [2.05, 4.69) is 14.5 Å². The van der Waals surface area contributed by atoms with Gasteiger partial charge in [-0.1, -0.05) is 23.2 Å². The van der Waals surface area contributed by atoms with Crippen molar-refractivity contribution in [1.82, 2.24) is 4.98 Å². The number of hydrogen-bond donors (Lipinski definition) is 0. The van der Waals surface area contributed by atoms with Crippen molar-refractivity contribution < 1.29 is 28.5 Å². The molecular formula is C14H12Cl2N2O6. The molecule has 0 N–H and O–H groups in total. The highest BCUT2D eigenvalue weighted by molar-refractivity contribution is 6.42. The normalized spacial score (nSPS) is 10.7. The zero-order chi connectivity index (χ0) is 17.9. The largest absolute Gasteiger partial charge is 0.618 e. The predicted octanol–water partition coefficient (Wildman–Crippen LogP) is 1.65. The average Bonchev–Trinajstić information content (AvgIpc) is 2.54. The zero-order valence-corrected chi connectivity index (χ0v) is 14.2. The molecule has 0 bridgehead atoms. The summed E-state index contributed by atoms with van der Waals surface area (Å²) < 4.78 is 14.5. The number of halogens is 2. The van der Waals surface area contributed by atoms with Gasteiger partial charge in [-0.3, -0.25) is 0 Å². The number of esters is 2. The van der Waals surface area contributed by atoms with E-state index >= 15 is 0 Å². The zero-order valence-electron chi connectivity index (χ0n) is 12.7. The van der Waals surface area contributed by atoms with Crippen molar-refractivity contribution in [3.63, 3.8) is 0 Å². The fourth-order valence-corrected chi connectivity index (χ4v) is 2.24. The number of fused-ring (bicyclic) bond motifs is 1. The van der Waals surface area contributed by atoms with Gasteiger partial charge in [-0.2, -0.15) is 4.73 Å². The number of nitrogens with zero attached hydrogens (tertiary/aromatic N) is 2. The monoisotopic (exact) mass is 374 g/mol. The minimum atomic E-state index is -0.928. The van der Waals surface area contributed by atoms with Crippen molar-refractivity contribution >= 4 is 46.2 Å². The molecule has 10 heteroatoms. The lowest BCUT2D eigenvalue weighted by atomic mass is 10.2. The Balaban J connectivity index is 2.56. The number of rotatable bonds is 5. The molecule has 2 aromatic rings. The van der Waals surface area contributed by atoms with Gasteiger partial charge in [-0.15, -0.1) is 0 Å². The molecule has 0 amide bonds. The first-order valence-corrected chi connectivity index (χ1v) is 7.28. The van der Waals surface area contributed by atoms with Gasteiger partial charge >= 0.3 is 17.6 Å². The first-order valence-electron chi connectivity index (χ1n) is 6.53. The van der Waals surface area contributed by atoms with Crippen LogP contribution in [-0.4, -0.2) is 37.7 Å². The van der Waals surface area contributed by atoms with E-state index in [-0.39, 0.29) is 33.4 Å². The predicted molar refractivity (Wildman–Crippen MR) is 83.7 cm³/mol. The van der Waals surface area contributed by atoms with E-state index < -0.39 is 24.2 Å². The number of carbonyl (C=O) groups excluding carboxylic acids is 2. The van der Waals surface area contributed by atoms with Crippen LogP contribution in [0, 0.1) is 5.21 Å². The number of hydrogen-bond acceptors (Lipinski definition) is 7. The van der Waals surface area contributed by atoms with Crippen molar-refractivity contribution in [2.45, 2.75) is 6.61 Å². The highest BCUT2D eigenvalue weighted by atomic mass is 35.5. The summed E-state index contributed by atoms with van der Waals surface area (Å²) in [4.78, 5) is 27.5. The van der Waals surface area contributed by atoms with Gasteiger partial charge in [0.2, 0.25) is 5.52 Å². The van der Waals surface area contributed by atoms with Gasteiger partial charge in [0.25, 0.3) is 0 Å². The van der Waals surface area contributed by atoms with Crippen LogP contribution in [0.4, 0.5) is 0 Å². The van der Waals surface area contributed by atoms with E-state index in [1.807, 2.05) is 0 Å². The lowest BCUT2D eigenvalue weighted by Gasteiger charge is -2.11. The van der Waals surface area contributed by atoms with Gasteiger partial charge in [0.15, 0.2) is 5.69 Å². The smallest absolute Gasteiger partial charge is 0.406 e. The summed E-state index contributed by atoms with van der Waals surface area (Å²) in [6, 6.07) is 2.65. The Hall–Kier alpha value is -2.16. The molecule has 0 fully saturated rings. The van der Waals surface area contributed by atoms with Crippen LogP contribution in [-0.2, 0) is 25.6 Å². The number of carbonyl (C=O) groups is 2. The molecule has 0 radical (unpaired) electrons. The molecule has 1 aromatic heterocycles. The lowest BCUT2D eigenvalue weighted by molar-refractivity contribution is -0.581. The van der Waals surface area contributed by atoms with Crippen molar-refractivity contribution in [2.75, 3.05) is 20.8 Å². The molecule has 1 aromatic carbocycles. The molecule has 1 heterocycles. The maximum absolute atomic E-state index is 12.5. The average molecular weight is 375 g/mol. The quantitative estimate of drug-likeness (QED) is 0.445. The Kier molecular flexibility index (Phi) is 5.76. The molecule has 0 aliphatic carbocycles. The summed E-state index contributed by atoms with van der Waals surface area (Å²) in [6.45, 7) is -0.689. The van der Waals surface area contributed by atoms with Crippen LogP contribution < -0.4 is 4.73 Å². The van der Waals surface area contributed by atoms with Crippen molar-refractivity contribution in [3.8, 4) is 0 Å². The van der Waals surface area contributed by atoms with Gasteiger partial charge in [0, 0.05) is 13.2 Å². The summed E-state index contributed by atoms with van der Waals surface area (Å²) in [5.41, 5.74) is -0.276. The maximum Gasteiger partial charge on any atom is 0.406 e. The highest BCUT2D eigenvalue weighted by Crippen LogP contribution is 2.26. The summed E-state index contributed by atoms with van der Waals surface area (Å²) in [5.74, 6) is -1.61. The van der Waals surface area contributed by atoms with Crippen LogP contribution in [0.25, 0.3) is 11.0 Å². The van der Waals surface area contributed by atoms with E-state index in [0.717, 1.165) is 7.11 Å². The third-order valence-electron chi connectivity index (χ3n) is 2.98. The van der Waals surface area contributed by atoms with Crippen molar-refractivity contribution in [2.24, 2.45) is 0 Å². The third kappa shape index (κ3) is 3.66. The maximum atomic E-state index is 12.5. The van der Waals surface area contributed by atoms with Crippen molar-refractivity contribution in [3.05, 3.63) is 38.8 Å². The van der Waals surface area contributed by atoms with Gasteiger partial charge < -0.3 is 19.4 Å². The van der Waals surface area contributed by atoms with E-state index in [0.29, 0.717) is 4.73 Å². The number of ether oxygens (including phenoxy) is 3. The second-order valence-electron chi connectivity index (χ2n) is 4.54. The minimum absolute atomic E-state index is 0.0248. The van der Waals surface area contributed by atoms with Gasteiger partial charge in [-0.05, 0) is 6.07 Å². The third-order valence-corrected chi connectivity index (χ3v) is 3.70. The standard InChI is InChI=1S/C14H12Cl2N2O6/c1-22-6-12(19)24-5-10-13(14(20)23-2)18(21)11-4-8(16)7(15)3-9(11)17-10/h3-4H,5-6H2,1-2H3. The molecule has 0 atom stereocenters. The van der Waals surface area contributed by atoms with Crippen LogP contribution in [0.3, 0.4) is 0 Å². The van der Waals surface area contributed by atoms with E-state index in [9.17, 15) is 14.8 Å². The fraction of sp³-hybridized carbons (Fsp3) is 0.286. The topological polar surface area (TPSA) is 102 Å². The first kappa shape index (κ1) is 18.2. The Morgan fingerprint density at radius 1 is 1.25 bits per heavy atom. The molecule has 24 heavy (non-hydrogen) atoms. The Bertz CT molecular complexity index is 812. The molecule has 8 nitrogen and oxygen atoms in total. The van der Waals surface area contributed by atoms with Crippen LogP contribution in [0.1, 0.15) is 16.2 Å². The SMILES string of the molecule is COCC(=O)OCc1nc2cc(Cl)c(Cl)cc2[n+]([O-])c1C(=O)OC. The molecule has 128 valence electrons. The van der Waals surface area contributed by atoms with Gasteiger partial charge in [-0.25, -0.2) is 14.6 Å². The van der Waals surface area contributed by atoms with Crippen LogP contribution in [0.5, 0.6) is 0 Å². The van der Waals surface area contributed by atoms with Crippen molar-refractivity contribution in [1.29, 1.82) is 0 Å². The van der Waals surface area contributed by atoms with Crippen LogP contribution >= 0.6 is 23.2 Å². The fourth-order valence-electron chi connectivity index (χ4n) is 1.92. The summed E-state index contributed by atoms with van der Waals surface area (Å²) in [7, 11) is 2.44. The molecule has 0 unspecified atom stereocenters. The Labute approximate surface area is 146 Å². The van der Waals surface area contributed by atoms with Crippen LogP contribution in [0.15, 0.2) is 12.1 Å². The highest BCUT2D eigenvalue weighted by Gasteiger charge is 2.28. The van der Waals surface area contributed by atoms with Gasteiger partial charge in [0.05, 0.1) is 17.2 Å². The number of aromatic nitrogens is 2. The molecule has 2 rings (SSSR count). The summed E-state index contributed by atoms with van der Waals surface area (Å²) in [6.07, 6.45) is 0. The Morgan fingerprint density at radius 2 is 1.92 bits per heavy atom. The molecule has 0 spiro atoms. The lowest BCUT2D eigenvalue weighted by Crippen LogP contribution is -2.38. The van der Waals surface area contributed by atoms with E-state index in [1.54, 1.807) is 0 Å². The second kappa shape index (κ2) is 7.61. The van der Waals surface area contributed by atoms with E-state index in [4.69, 9.17) is 27.9 Å². The molecular weight excluding hydrogens is 363 g/mol. The summed E-state index contributed by atoms with van der Waals surface area (Å²) >= 11 is 11.8.